The zero-order valence-corrected chi connectivity index (χ0v) is 16.2. The highest BCUT2D eigenvalue weighted by Crippen LogP contribution is 2.46. The van der Waals surface area contributed by atoms with Crippen LogP contribution in [0.3, 0.4) is 0 Å². The summed E-state index contributed by atoms with van der Waals surface area (Å²) in [6.07, 6.45) is 3.67. The Morgan fingerprint density at radius 2 is 1.82 bits per heavy atom. The van der Waals surface area contributed by atoms with E-state index >= 15 is 0 Å². The molecule has 2 fully saturated rings. The van der Waals surface area contributed by atoms with Crippen LogP contribution in [0.2, 0.25) is 0 Å². The lowest BCUT2D eigenvalue weighted by Gasteiger charge is -2.20. The maximum Gasteiger partial charge on any atom is 0.244 e. The molecule has 2 aliphatic rings. The molecule has 2 aromatic rings. The molecule has 0 radical (unpaired) electrons. The van der Waals surface area contributed by atoms with Crippen LogP contribution in [0.15, 0.2) is 30.3 Å². The first kappa shape index (κ1) is 18.4. The number of amides is 3. The van der Waals surface area contributed by atoms with Crippen molar-refractivity contribution in [3.63, 3.8) is 0 Å². The number of hydrogen-bond acceptors (Lipinski definition) is 4. The molecule has 4 rings (SSSR count). The molecule has 1 saturated carbocycles. The first-order valence-electron chi connectivity index (χ1n) is 9.68. The van der Waals surface area contributed by atoms with E-state index in [9.17, 15) is 14.4 Å². The molecule has 1 saturated heterocycles. The second-order valence-corrected chi connectivity index (χ2v) is 7.79. The molecule has 1 aliphatic heterocycles. The third-order valence-corrected chi connectivity index (χ3v) is 5.91. The number of anilines is 1. The Kier molecular flexibility index (Phi) is 4.53. The fraction of sp³-hybridized carbons (Fsp3) is 0.429. The second-order valence-electron chi connectivity index (χ2n) is 7.79. The monoisotopic (exact) mass is 380 g/mol. The Bertz CT molecular complexity index is 942. The van der Waals surface area contributed by atoms with E-state index in [-0.39, 0.29) is 30.7 Å². The number of hydrogen-bond donors (Lipinski definition) is 1. The molecular formula is C21H24N4O3. The van der Waals surface area contributed by atoms with Crippen molar-refractivity contribution in [3.05, 3.63) is 41.7 Å². The minimum atomic E-state index is -0.554. The van der Waals surface area contributed by atoms with Crippen LogP contribution in [-0.2, 0) is 14.4 Å². The van der Waals surface area contributed by atoms with E-state index in [4.69, 9.17) is 0 Å². The first-order valence-corrected chi connectivity index (χ1v) is 9.68. The molecule has 1 N–H and O–H groups in total. The number of benzene rings is 1. The molecule has 146 valence electrons. The van der Waals surface area contributed by atoms with Gasteiger partial charge in [-0.15, -0.1) is 0 Å². The standard InChI is InChI=1S/C21H24N4O3/c1-14-19(15(2)25(23-14)16-8-4-3-5-9-16)22-17(26)13-24-18(27)12-21(20(24)28)10-6-7-11-21/h3-5,8-9H,6-7,10-13H2,1-2H3,(H,22,26). The van der Waals surface area contributed by atoms with Crippen molar-refractivity contribution >= 4 is 23.4 Å². The quantitative estimate of drug-likeness (QED) is 0.827. The van der Waals surface area contributed by atoms with Crippen molar-refractivity contribution in [1.82, 2.24) is 14.7 Å². The summed E-state index contributed by atoms with van der Waals surface area (Å²) in [6, 6.07) is 9.65. The summed E-state index contributed by atoms with van der Waals surface area (Å²) in [7, 11) is 0. The van der Waals surface area contributed by atoms with Gasteiger partial charge in [0, 0.05) is 6.42 Å². The maximum atomic E-state index is 12.8. The lowest BCUT2D eigenvalue weighted by molar-refractivity contribution is -0.143. The Balaban J connectivity index is 1.50. The van der Waals surface area contributed by atoms with Gasteiger partial charge in [0.2, 0.25) is 17.7 Å². The highest BCUT2D eigenvalue weighted by Gasteiger charge is 2.52. The molecule has 7 nitrogen and oxygen atoms in total. The van der Waals surface area contributed by atoms with Gasteiger partial charge in [-0.05, 0) is 38.8 Å². The van der Waals surface area contributed by atoms with Gasteiger partial charge in [-0.2, -0.15) is 5.10 Å². The van der Waals surface area contributed by atoms with Gasteiger partial charge in [0.05, 0.1) is 28.2 Å². The molecule has 0 bridgehead atoms. The van der Waals surface area contributed by atoms with Crippen molar-refractivity contribution in [2.24, 2.45) is 5.41 Å². The van der Waals surface area contributed by atoms with Gasteiger partial charge in [-0.3, -0.25) is 19.3 Å². The summed E-state index contributed by atoms with van der Waals surface area (Å²) in [5, 5.41) is 7.35. The molecule has 1 aromatic carbocycles. The molecule has 0 unspecified atom stereocenters. The van der Waals surface area contributed by atoms with E-state index in [1.54, 1.807) is 4.68 Å². The average Bonchev–Trinajstić information content (AvgIpc) is 3.32. The average molecular weight is 380 g/mol. The van der Waals surface area contributed by atoms with E-state index in [2.05, 4.69) is 10.4 Å². The number of rotatable bonds is 4. The Morgan fingerprint density at radius 3 is 2.50 bits per heavy atom. The van der Waals surface area contributed by atoms with E-state index < -0.39 is 5.41 Å². The largest absolute Gasteiger partial charge is 0.321 e. The van der Waals surface area contributed by atoms with Gasteiger partial charge >= 0.3 is 0 Å². The number of nitrogens with one attached hydrogen (secondary N) is 1. The van der Waals surface area contributed by atoms with Crippen molar-refractivity contribution in [2.75, 3.05) is 11.9 Å². The van der Waals surface area contributed by atoms with E-state index in [1.165, 1.54) is 0 Å². The zero-order chi connectivity index (χ0) is 19.9. The highest BCUT2D eigenvalue weighted by molar-refractivity contribution is 6.09. The normalized spacial score (nSPS) is 18.3. The third-order valence-electron chi connectivity index (χ3n) is 5.91. The Labute approximate surface area is 163 Å². The molecule has 1 spiro atoms. The predicted molar refractivity (Wildman–Crippen MR) is 104 cm³/mol. The minimum absolute atomic E-state index is 0.182. The van der Waals surface area contributed by atoms with Crippen LogP contribution >= 0.6 is 0 Å². The molecule has 0 atom stereocenters. The van der Waals surface area contributed by atoms with Crippen LogP contribution < -0.4 is 5.32 Å². The van der Waals surface area contributed by atoms with Gasteiger partial charge in [0.15, 0.2) is 0 Å². The summed E-state index contributed by atoms with van der Waals surface area (Å²) >= 11 is 0. The molecule has 28 heavy (non-hydrogen) atoms. The number of aryl methyl sites for hydroxylation is 1. The summed E-state index contributed by atoms with van der Waals surface area (Å²) in [5.74, 6) is -0.801. The molecule has 7 heteroatoms. The second kappa shape index (κ2) is 6.89. The van der Waals surface area contributed by atoms with Crippen LogP contribution in [-0.4, -0.2) is 38.9 Å². The van der Waals surface area contributed by atoms with Crippen molar-refractivity contribution < 1.29 is 14.4 Å². The summed E-state index contributed by atoms with van der Waals surface area (Å²) < 4.78 is 1.77. The van der Waals surface area contributed by atoms with Gasteiger partial charge in [-0.1, -0.05) is 31.0 Å². The first-order chi connectivity index (χ1) is 13.4. The van der Waals surface area contributed by atoms with Gasteiger partial charge in [0.1, 0.15) is 6.54 Å². The zero-order valence-electron chi connectivity index (χ0n) is 16.2. The van der Waals surface area contributed by atoms with Crippen molar-refractivity contribution in [1.29, 1.82) is 0 Å². The molecule has 1 aliphatic carbocycles. The molecule has 1 aromatic heterocycles. The number of nitrogens with zero attached hydrogens (tertiary/aromatic N) is 3. The van der Waals surface area contributed by atoms with Crippen LogP contribution in [0.4, 0.5) is 5.69 Å². The summed E-state index contributed by atoms with van der Waals surface area (Å²) in [6.45, 7) is 3.46. The SMILES string of the molecule is Cc1nn(-c2ccccc2)c(C)c1NC(=O)CN1C(=O)CC2(CCCC2)C1=O. The Hall–Kier alpha value is -2.96. The summed E-state index contributed by atoms with van der Waals surface area (Å²) in [5.41, 5.74) is 2.44. The number of likely N-dealkylation sites (tertiary alicyclic amines) is 1. The fourth-order valence-electron chi connectivity index (χ4n) is 4.43. The number of imide groups is 1. The number of carbonyl (C=O) groups excluding carboxylic acids is 3. The van der Waals surface area contributed by atoms with E-state index in [0.29, 0.717) is 11.4 Å². The van der Waals surface area contributed by atoms with Crippen molar-refractivity contribution in [2.45, 2.75) is 46.0 Å². The number of carbonyl (C=O) groups is 3. The molecule has 3 amide bonds. The minimum Gasteiger partial charge on any atom is -0.321 e. The van der Waals surface area contributed by atoms with Crippen LogP contribution in [0, 0.1) is 19.3 Å². The molecule has 2 heterocycles. The lowest BCUT2D eigenvalue weighted by atomic mass is 9.84. The lowest BCUT2D eigenvalue weighted by Crippen LogP contribution is -2.40. The smallest absolute Gasteiger partial charge is 0.244 e. The van der Waals surface area contributed by atoms with E-state index in [0.717, 1.165) is 42.0 Å². The van der Waals surface area contributed by atoms with Crippen LogP contribution in [0.1, 0.15) is 43.5 Å². The van der Waals surface area contributed by atoms with Gasteiger partial charge < -0.3 is 5.32 Å². The molecular weight excluding hydrogens is 356 g/mol. The van der Waals surface area contributed by atoms with Crippen molar-refractivity contribution in [3.8, 4) is 5.69 Å². The number of para-hydroxylation sites is 1. The maximum absolute atomic E-state index is 12.8. The third kappa shape index (κ3) is 3.00. The predicted octanol–water partition coefficient (Wildman–Crippen LogP) is 2.75. The number of aromatic nitrogens is 2. The van der Waals surface area contributed by atoms with Crippen LogP contribution in [0.25, 0.3) is 5.69 Å². The van der Waals surface area contributed by atoms with Gasteiger partial charge in [-0.25, -0.2) is 4.68 Å². The summed E-state index contributed by atoms with van der Waals surface area (Å²) in [4.78, 5) is 38.9. The van der Waals surface area contributed by atoms with Crippen LogP contribution in [0.5, 0.6) is 0 Å². The van der Waals surface area contributed by atoms with Gasteiger partial charge in [0.25, 0.3) is 0 Å². The highest BCUT2D eigenvalue weighted by atomic mass is 16.2. The topological polar surface area (TPSA) is 84.3 Å². The van der Waals surface area contributed by atoms with E-state index in [1.807, 2.05) is 44.2 Å². The fourth-order valence-corrected chi connectivity index (χ4v) is 4.43. The Morgan fingerprint density at radius 1 is 1.14 bits per heavy atom.